The molecule has 0 amide bonds. The van der Waals surface area contributed by atoms with Crippen molar-refractivity contribution in [3.8, 4) is 0 Å². The lowest BCUT2D eigenvalue weighted by molar-refractivity contribution is -0.139. The lowest BCUT2D eigenvalue weighted by Gasteiger charge is -2.17. The van der Waals surface area contributed by atoms with Crippen molar-refractivity contribution in [2.45, 2.75) is 57.0 Å². The minimum absolute atomic E-state index is 0.177. The van der Waals surface area contributed by atoms with Gasteiger partial charge in [-0.2, -0.15) is 13.2 Å². The molecule has 1 atom stereocenters. The molecule has 0 heterocycles. The van der Waals surface area contributed by atoms with Gasteiger partial charge in [-0.25, -0.2) is 0 Å². The SMILES string of the molecule is CCC(C)Sc1ccc(CNCC(C)C)cc1C(F)(F)F. The molecule has 1 nitrogen and oxygen atoms in total. The predicted octanol–water partition coefficient (Wildman–Crippen LogP) is 5.34. The minimum Gasteiger partial charge on any atom is -0.312 e. The number of alkyl halides is 3. The standard InChI is InChI=1S/C16H24F3NS/c1-5-12(4)21-15-7-6-13(10-20-9-11(2)3)8-14(15)16(17,18)19/h6-8,11-12,20H,5,9-10H2,1-4H3. The molecular formula is C16H24F3NS. The maximum Gasteiger partial charge on any atom is 0.417 e. The highest BCUT2D eigenvalue weighted by Gasteiger charge is 2.34. The fourth-order valence-corrected chi connectivity index (χ4v) is 2.87. The van der Waals surface area contributed by atoms with Crippen LogP contribution in [0.5, 0.6) is 0 Å². The molecule has 5 heteroatoms. The van der Waals surface area contributed by atoms with E-state index in [-0.39, 0.29) is 5.25 Å². The van der Waals surface area contributed by atoms with Crippen LogP contribution in [0.15, 0.2) is 23.1 Å². The van der Waals surface area contributed by atoms with Crippen molar-refractivity contribution < 1.29 is 13.2 Å². The lowest BCUT2D eigenvalue weighted by Crippen LogP contribution is -2.19. The van der Waals surface area contributed by atoms with Crippen molar-refractivity contribution in [2.75, 3.05) is 6.54 Å². The third-order valence-electron chi connectivity index (χ3n) is 3.13. The van der Waals surface area contributed by atoms with Crippen molar-refractivity contribution in [3.63, 3.8) is 0 Å². The van der Waals surface area contributed by atoms with Crippen LogP contribution in [0.4, 0.5) is 13.2 Å². The van der Waals surface area contributed by atoms with Crippen LogP contribution in [0, 0.1) is 5.92 Å². The summed E-state index contributed by atoms with van der Waals surface area (Å²) in [5.74, 6) is 0.479. The average molecular weight is 319 g/mol. The summed E-state index contributed by atoms with van der Waals surface area (Å²) in [4.78, 5) is 0.324. The van der Waals surface area contributed by atoms with E-state index in [4.69, 9.17) is 0 Å². The molecule has 120 valence electrons. The minimum atomic E-state index is -4.30. The Labute approximate surface area is 129 Å². The number of halogens is 3. The molecule has 1 N–H and O–H groups in total. The Kier molecular flexibility index (Phi) is 7.07. The van der Waals surface area contributed by atoms with Crippen molar-refractivity contribution in [1.82, 2.24) is 5.32 Å². The summed E-state index contributed by atoms with van der Waals surface area (Å²) in [7, 11) is 0. The van der Waals surface area contributed by atoms with Crippen LogP contribution in [0.2, 0.25) is 0 Å². The van der Waals surface area contributed by atoms with E-state index in [0.29, 0.717) is 22.9 Å². The molecule has 21 heavy (non-hydrogen) atoms. The first kappa shape index (κ1) is 18.4. The molecule has 1 aromatic carbocycles. The van der Waals surface area contributed by atoms with Gasteiger partial charge >= 0.3 is 6.18 Å². The largest absolute Gasteiger partial charge is 0.417 e. The van der Waals surface area contributed by atoms with Gasteiger partial charge in [-0.3, -0.25) is 0 Å². The first-order chi connectivity index (χ1) is 9.74. The van der Waals surface area contributed by atoms with E-state index >= 15 is 0 Å². The molecule has 0 radical (unpaired) electrons. The van der Waals surface area contributed by atoms with Crippen molar-refractivity contribution >= 4 is 11.8 Å². The summed E-state index contributed by atoms with van der Waals surface area (Å²) < 4.78 is 39.6. The Morgan fingerprint density at radius 3 is 2.38 bits per heavy atom. The van der Waals surface area contributed by atoms with E-state index < -0.39 is 11.7 Å². The summed E-state index contributed by atoms with van der Waals surface area (Å²) >= 11 is 1.29. The normalized spacial score (nSPS) is 13.7. The van der Waals surface area contributed by atoms with E-state index in [1.54, 1.807) is 12.1 Å². The maximum absolute atomic E-state index is 13.2. The molecule has 1 aromatic rings. The van der Waals surface area contributed by atoms with Gasteiger partial charge in [-0.05, 0) is 36.6 Å². The van der Waals surface area contributed by atoms with Crippen LogP contribution in [0.25, 0.3) is 0 Å². The van der Waals surface area contributed by atoms with Crippen LogP contribution in [-0.2, 0) is 12.7 Å². The number of nitrogens with one attached hydrogen (secondary N) is 1. The van der Waals surface area contributed by atoms with Gasteiger partial charge in [-0.1, -0.05) is 33.8 Å². The Morgan fingerprint density at radius 2 is 1.86 bits per heavy atom. The van der Waals surface area contributed by atoms with Crippen molar-refractivity contribution in [3.05, 3.63) is 29.3 Å². The van der Waals surface area contributed by atoms with E-state index in [2.05, 4.69) is 19.2 Å². The molecule has 0 spiro atoms. The molecule has 1 unspecified atom stereocenters. The van der Waals surface area contributed by atoms with Crippen LogP contribution in [0.3, 0.4) is 0 Å². The quantitative estimate of drug-likeness (QED) is 0.681. The summed E-state index contributed by atoms with van der Waals surface area (Å²) in [6, 6.07) is 4.66. The molecule has 1 rings (SSSR count). The third kappa shape index (κ3) is 6.30. The van der Waals surface area contributed by atoms with Gasteiger partial charge in [0, 0.05) is 16.7 Å². The van der Waals surface area contributed by atoms with Gasteiger partial charge in [0.05, 0.1) is 5.56 Å². The summed E-state index contributed by atoms with van der Waals surface area (Å²) in [5.41, 5.74) is 0.160. The lowest BCUT2D eigenvalue weighted by atomic mass is 10.1. The molecule has 0 saturated carbocycles. The number of hydrogen-bond acceptors (Lipinski definition) is 2. The second-order valence-corrected chi connectivity index (χ2v) is 7.17. The van der Waals surface area contributed by atoms with Gasteiger partial charge in [0.2, 0.25) is 0 Å². The van der Waals surface area contributed by atoms with Crippen LogP contribution in [-0.4, -0.2) is 11.8 Å². The van der Waals surface area contributed by atoms with Crippen molar-refractivity contribution in [1.29, 1.82) is 0 Å². The highest BCUT2D eigenvalue weighted by atomic mass is 32.2. The fraction of sp³-hybridized carbons (Fsp3) is 0.625. The Bertz CT molecular complexity index is 444. The van der Waals surface area contributed by atoms with E-state index in [1.807, 2.05) is 13.8 Å². The molecule has 0 bridgehead atoms. The number of hydrogen-bond donors (Lipinski definition) is 1. The Hall–Kier alpha value is -0.680. The van der Waals surface area contributed by atoms with Gasteiger partial charge in [0.25, 0.3) is 0 Å². The van der Waals surface area contributed by atoms with Gasteiger partial charge in [0.15, 0.2) is 0 Å². The summed E-state index contributed by atoms with van der Waals surface area (Å²) in [6.07, 6.45) is -3.45. The highest BCUT2D eigenvalue weighted by molar-refractivity contribution is 8.00. The zero-order valence-electron chi connectivity index (χ0n) is 13.1. The second-order valence-electron chi connectivity index (χ2n) is 5.69. The first-order valence-corrected chi connectivity index (χ1v) is 8.19. The summed E-state index contributed by atoms with van der Waals surface area (Å²) in [5, 5.41) is 3.35. The number of benzene rings is 1. The van der Waals surface area contributed by atoms with Gasteiger partial charge in [0.1, 0.15) is 0 Å². The topological polar surface area (TPSA) is 12.0 Å². The maximum atomic E-state index is 13.2. The molecular weight excluding hydrogens is 295 g/mol. The first-order valence-electron chi connectivity index (χ1n) is 7.31. The van der Waals surface area contributed by atoms with Crippen LogP contribution in [0.1, 0.15) is 45.2 Å². The van der Waals surface area contributed by atoms with Gasteiger partial charge in [-0.15, -0.1) is 11.8 Å². The second kappa shape index (κ2) is 8.08. The van der Waals surface area contributed by atoms with Crippen molar-refractivity contribution in [2.24, 2.45) is 5.92 Å². The zero-order valence-corrected chi connectivity index (χ0v) is 13.9. The van der Waals surface area contributed by atoms with Crippen LogP contribution < -0.4 is 5.32 Å². The van der Waals surface area contributed by atoms with E-state index in [1.165, 1.54) is 17.8 Å². The molecule has 0 aliphatic heterocycles. The number of rotatable bonds is 7. The fourth-order valence-electron chi connectivity index (χ4n) is 1.82. The molecule has 0 aliphatic carbocycles. The molecule has 0 fully saturated rings. The number of thioether (sulfide) groups is 1. The molecule has 0 aromatic heterocycles. The van der Waals surface area contributed by atoms with Crippen LogP contribution >= 0.6 is 11.8 Å². The Morgan fingerprint density at radius 1 is 1.19 bits per heavy atom. The average Bonchev–Trinajstić information content (AvgIpc) is 2.38. The third-order valence-corrected chi connectivity index (χ3v) is 4.48. The van der Waals surface area contributed by atoms with Gasteiger partial charge < -0.3 is 5.32 Å². The molecule has 0 saturated heterocycles. The highest BCUT2D eigenvalue weighted by Crippen LogP contribution is 2.39. The van der Waals surface area contributed by atoms with E-state index in [9.17, 15) is 13.2 Å². The zero-order chi connectivity index (χ0) is 16.0. The predicted molar refractivity (Wildman–Crippen MR) is 83.6 cm³/mol. The summed E-state index contributed by atoms with van der Waals surface area (Å²) in [6.45, 7) is 9.33. The smallest absolute Gasteiger partial charge is 0.312 e. The Balaban J connectivity index is 2.91. The van der Waals surface area contributed by atoms with E-state index in [0.717, 1.165) is 13.0 Å². The monoisotopic (exact) mass is 319 g/mol. The molecule has 0 aliphatic rings.